The number of fused-ring (bicyclic) bond motifs is 1. The summed E-state index contributed by atoms with van der Waals surface area (Å²) >= 11 is 0. The number of carbonyl (C=O) groups excluding carboxylic acids is 3. The SMILES string of the molecule is CCC(F)(F)F.Cc1ccccc1C1=NC(NC(=O)C(CCC(F)(F)F)CC(N)=O)C(=O)Nc2ccccc21. The van der Waals surface area contributed by atoms with Gasteiger partial charge in [0.15, 0.2) is 0 Å². The number of hydrogen-bond acceptors (Lipinski definition) is 4. The Morgan fingerprint density at radius 1 is 1.00 bits per heavy atom. The van der Waals surface area contributed by atoms with E-state index in [-0.39, 0.29) is 0 Å². The summed E-state index contributed by atoms with van der Waals surface area (Å²) in [5.74, 6) is -3.83. The smallest absolute Gasteiger partial charge is 0.370 e. The molecule has 0 aromatic heterocycles. The first kappa shape index (κ1) is 31.3. The van der Waals surface area contributed by atoms with E-state index >= 15 is 0 Å². The van der Waals surface area contributed by atoms with E-state index in [1.54, 1.807) is 30.3 Å². The number of primary amides is 1. The number of anilines is 1. The van der Waals surface area contributed by atoms with Gasteiger partial charge in [0, 0.05) is 36.3 Å². The molecule has 1 aliphatic heterocycles. The van der Waals surface area contributed by atoms with Crippen LogP contribution in [0.25, 0.3) is 0 Å². The molecule has 2 aromatic rings. The summed E-state index contributed by atoms with van der Waals surface area (Å²) in [5.41, 5.74) is 8.27. The minimum absolute atomic E-state index is 0.439. The fraction of sp³-hybridized carbons (Fsp3) is 0.385. The minimum Gasteiger partial charge on any atom is -0.370 e. The molecule has 0 radical (unpaired) electrons. The first-order valence-corrected chi connectivity index (χ1v) is 11.9. The Balaban J connectivity index is 0.000000798. The van der Waals surface area contributed by atoms with Crippen molar-refractivity contribution in [1.82, 2.24) is 5.32 Å². The van der Waals surface area contributed by atoms with E-state index in [2.05, 4.69) is 15.6 Å². The van der Waals surface area contributed by atoms with Crippen LogP contribution in [-0.4, -0.2) is 42.0 Å². The molecule has 1 aliphatic rings. The molecule has 0 aliphatic carbocycles. The van der Waals surface area contributed by atoms with E-state index in [9.17, 15) is 40.7 Å². The molecule has 39 heavy (non-hydrogen) atoms. The van der Waals surface area contributed by atoms with E-state index in [1.165, 1.54) is 0 Å². The number of rotatable bonds is 7. The highest BCUT2D eigenvalue weighted by Gasteiger charge is 2.34. The van der Waals surface area contributed by atoms with Crippen molar-refractivity contribution in [3.63, 3.8) is 0 Å². The van der Waals surface area contributed by atoms with Crippen molar-refractivity contribution in [2.45, 2.75) is 58.0 Å². The maximum absolute atomic E-state index is 12.8. The molecule has 0 spiro atoms. The summed E-state index contributed by atoms with van der Waals surface area (Å²) in [6, 6.07) is 14.3. The van der Waals surface area contributed by atoms with Crippen LogP contribution in [-0.2, 0) is 14.4 Å². The predicted octanol–water partition coefficient (Wildman–Crippen LogP) is 5.02. The molecule has 0 saturated heterocycles. The maximum Gasteiger partial charge on any atom is 0.389 e. The second-order valence-corrected chi connectivity index (χ2v) is 8.73. The van der Waals surface area contributed by atoms with Gasteiger partial charge in [-0.2, -0.15) is 26.3 Å². The summed E-state index contributed by atoms with van der Waals surface area (Å²) in [4.78, 5) is 41.4. The van der Waals surface area contributed by atoms with Crippen LogP contribution in [0.3, 0.4) is 0 Å². The van der Waals surface area contributed by atoms with Crippen molar-refractivity contribution < 1.29 is 40.7 Å². The number of para-hydroxylation sites is 1. The predicted molar refractivity (Wildman–Crippen MR) is 133 cm³/mol. The number of nitrogens with zero attached hydrogens (tertiary/aromatic N) is 1. The Morgan fingerprint density at radius 2 is 1.56 bits per heavy atom. The van der Waals surface area contributed by atoms with Crippen LogP contribution >= 0.6 is 0 Å². The number of aryl methyl sites for hydroxylation is 1. The van der Waals surface area contributed by atoms with Crippen molar-refractivity contribution in [3.8, 4) is 0 Å². The molecule has 2 unspecified atom stereocenters. The first-order valence-electron chi connectivity index (χ1n) is 11.9. The zero-order valence-corrected chi connectivity index (χ0v) is 21.1. The molecular weight excluding hydrogens is 530 g/mol. The van der Waals surface area contributed by atoms with Gasteiger partial charge in [-0.25, -0.2) is 4.99 Å². The quantitative estimate of drug-likeness (QED) is 0.415. The second kappa shape index (κ2) is 13.3. The zero-order chi connectivity index (χ0) is 29.4. The zero-order valence-electron chi connectivity index (χ0n) is 21.1. The molecule has 2 atom stereocenters. The Labute approximate surface area is 220 Å². The molecule has 0 bridgehead atoms. The van der Waals surface area contributed by atoms with Crippen molar-refractivity contribution in [2.75, 3.05) is 5.32 Å². The van der Waals surface area contributed by atoms with Gasteiger partial charge < -0.3 is 16.4 Å². The largest absolute Gasteiger partial charge is 0.389 e. The third-order valence-corrected chi connectivity index (χ3v) is 5.62. The van der Waals surface area contributed by atoms with Gasteiger partial charge in [0.25, 0.3) is 5.91 Å². The Bertz CT molecular complexity index is 1210. The number of benzene rings is 2. The number of nitrogens with two attached hydrogens (primary N) is 1. The lowest BCUT2D eigenvalue weighted by molar-refractivity contribution is -0.143. The fourth-order valence-corrected chi connectivity index (χ4v) is 3.57. The monoisotopic (exact) mass is 558 g/mol. The molecule has 212 valence electrons. The number of benzodiazepines with no additional fused rings is 1. The first-order chi connectivity index (χ1) is 18.1. The minimum atomic E-state index is -4.51. The number of hydrogen-bond donors (Lipinski definition) is 3. The topological polar surface area (TPSA) is 114 Å². The second-order valence-electron chi connectivity index (χ2n) is 8.73. The molecule has 3 rings (SSSR count). The van der Waals surface area contributed by atoms with Crippen molar-refractivity contribution in [3.05, 3.63) is 65.2 Å². The van der Waals surface area contributed by atoms with Gasteiger partial charge in [-0.3, -0.25) is 14.4 Å². The van der Waals surface area contributed by atoms with E-state index in [0.29, 0.717) is 17.0 Å². The van der Waals surface area contributed by atoms with Gasteiger partial charge in [-0.05, 0) is 25.0 Å². The Morgan fingerprint density at radius 3 is 2.10 bits per heavy atom. The number of halogens is 6. The lowest BCUT2D eigenvalue weighted by Crippen LogP contribution is -2.45. The van der Waals surface area contributed by atoms with Crippen molar-refractivity contribution in [1.29, 1.82) is 0 Å². The highest BCUT2D eigenvalue weighted by Crippen LogP contribution is 2.27. The number of carbonyl (C=O) groups is 3. The van der Waals surface area contributed by atoms with E-state index < -0.39 is 67.8 Å². The summed E-state index contributed by atoms with van der Waals surface area (Å²) in [6.45, 7) is 2.95. The fourth-order valence-electron chi connectivity index (χ4n) is 3.57. The van der Waals surface area contributed by atoms with Crippen LogP contribution in [0.15, 0.2) is 53.5 Å². The molecule has 13 heteroatoms. The van der Waals surface area contributed by atoms with Crippen LogP contribution in [0.5, 0.6) is 0 Å². The molecule has 4 N–H and O–H groups in total. The molecule has 7 nitrogen and oxygen atoms in total. The van der Waals surface area contributed by atoms with Gasteiger partial charge in [-0.1, -0.05) is 49.4 Å². The van der Waals surface area contributed by atoms with Gasteiger partial charge in [0.2, 0.25) is 18.0 Å². The average Bonchev–Trinajstić information content (AvgIpc) is 2.97. The van der Waals surface area contributed by atoms with E-state index in [1.807, 2.05) is 25.1 Å². The summed E-state index contributed by atoms with van der Waals surface area (Å²) in [7, 11) is 0. The van der Waals surface area contributed by atoms with Crippen LogP contribution in [0.4, 0.5) is 32.0 Å². The molecule has 2 aromatic carbocycles. The van der Waals surface area contributed by atoms with Gasteiger partial charge in [-0.15, -0.1) is 0 Å². The van der Waals surface area contributed by atoms with Gasteiger partial charge in [0.1, 0.15) is 0 Å². The highest BCUT2D eigenvalue weighted by atomic mass is 19.4. The van der Waals surface area contributed by atoms with Crippen molar-refractivity contribution in [2.24, 2.45) is 16.6 Å². The van der Waals surface area contributed by atoms with Gasteiger partial charge in [0.05, 0.1) is 11.4 Å². The lowest BCUT2D eigenvalue weighted by Gasteiger charge is -2.19. The third-order valence-electron chi connectivity index (χ3n) is 5.62. The highest BCUT2D eigenvalue weighted by molar-refractivity contribution is 6.20. The number of aliphatic imine (C=N–C) groups is 1. The van der Waals surface area contributed by atoms with E-state index in [4.69, 9.17) is 5.73 Å². The van der Waals surface area contributed by atoms with Crippen molar-refractivity contribution >= 4 is 29.1 Å². The Kier molecular flexibility index (Phi) is 10.6. The standard InChI is InChI=1S/C23H23F3N4O3.C3H5F3/c1-13-6-2-3-7-15(13)19-16-8-4-5-9-17(16)28-22(33)20(29-19)30-21(32)14(12-18(27)31)10-11-23(24,25)26;1-2-3(4,5)6/h2-9,14,20H,10-12H2,1H3,(H2,27,31)(H,28,33)(H,30,32);2H2,1H3. The molecule has 3 amide bonds. The maximum atomic E-state index is 12.8. The van der Waals surface area contributed by atoms with Crippen LogP contribution in [0.1, 0.15) is 49.3 Å². The summed E-state index contributed by atoms with van der Waals surface area (Å²) in [6.07, 6.45) is -13.1. The van der Waals surface area contributed by atoms with Crippen LogP contribution < -0.4 is 16.4 Å². The normalized spacial score (nSPS) is 15.9. The summed E-state index contributed by atoms with van der Waals surface area (Å²) in [5, 5.41) is 5.08. The van der Waals surface area contributed by atoms with Crippen LogP contribution in [0.2, 0.25) is 0 Å². The van der Waals surface area contributed by atoms with Crippen LogP contribution in [0, 0.1) is 12.8 Å². The molecule has 0 saturated carbocycles. The molecular formula is C26H28F6N4O3. The number of nitrogens with one attached hydrogen (secondary N) is 2. The summed E-state index contributed by atoms with van der Waals surface area (Å²) < 4.78 is 70.4. The molecule has 0 fully saturated rings. The third kappa shape index (κ3) is 10.1. The number of alkyl halides is 6. The molecule has 1 heterocycles. The van der Waals surface area contributed by atoms with Gasteiger partial charge >= 0.3 is 12.4 Å². The average molecular weight is 559 g/mol. The van der Waals surface area contributed by atoms with E-state index in [0.717, 1.165) is 18.1 Å². The Hall–Kier alpha value is -3.90. The lowest BCUT2D eigenvalue weighted by atomic mass is 9.97. The number of amides is 3.